The number of nitrogens with zero attached hydrogens (tertiary/aromatic N) is 1. The smallest absolute Gasteiger partial charge is 0.251 e. The Labute approximate surface area is 82.4 Å². The first-order valence-electron chi connectivity index (χ1n) is 4.54. The number of hydrogen-bond donors (Lipinski definition) is 1. The monoisotopic (exact) mass is 186 g/mol. The highest BCUT2D eigenvalue weighted by atomic mass is 16.1. The van der Waals surface area contributed by atoms with E-state index >= 15 is 0 Å². The van der Waals surface area contributed by atoms with E-state index in [-0.39, 0.29) is 11.9 Å². The Morgan fingerprint density at radius 2 is 2.36 bits per heavy atom. The van der Waals surface area contributed by atoms with Crippen LogP contribution in [0.15, 0.2) is 18.2 Å². The first kappa shape index (κ1) is 8.76. The summed E-state index contributed by atoms with van der Waals surface area (Å²) in [6, 6.07) is 7.42. The van der Waals surface area contributed by atoms with Crippen LogP contribution >= 0.6 is 0 Å². The van der Waals surface area contributed by atoms with Crippen LogP contribution in [0.5, 0.6) is 0 Å². The highest BCUT2D eigenvalue weighted by Crippen LogP contribution is 2.17. The van der Waals surface area contributed by atoms with Crippen LogP contribution in [0, 0.1) is 11.3 Å². The molecule has 0 saturated heterocycles. The lowest BCUT2D eigenvalue weighted by Gasteiger charge is -2.22. The van der Waals surface area contributed by atoms with Gasteiger partial charge in [-0.2, -0.15) is 5.26 Å². The molecule has 14 heavy (non-hydrogen) atoms. The second-order valence-electron chi connectivity index (χ2n) is 3.56. The average molecular weight is 186 g/mol. The summed E-state index contributed by atoms with van der Waals surface area (Å²) in [7, 11) is 0. The molecule has 0 bridgehead atoms. The Morgan fingerprint density at radius 1 is 1.57 bits per heavy atom. The summed E-state index contributed by atoms with van der Waals surface area (Å²) in [5.74, 6) is -0.0387. The van der Waals surface area contributed by atoms with Gasteiger partial charge in [-0.25, -0.2) is 0 Å². The van der Waals surface area contributed by atoms with Crippen molar-refractivity contribution in [2.75, 3.05) is 0 Å². The molecule has 0 aliphatic carbocycles. The Morgan fingerprint density at radius 3 is 3.07 bits per heavy atom. The van der Waals surface area contributed by atoms with Gasteiger partial charge in [0.2, 0.25) is 0 Å². The third kappa shape index (κ3) is 1.35. The summed E-state index contributed by atoms with van der Waals surface area (Å²) in [4.78, 5) is 11.5. The molecule has 0 aromatic heterocycles. The van der Waals surface area contributed by atoms with Crippen molar-refractivity contribution in [2.45, 2.75) is 19.4 Å². The molecule has 0 spiro atoms. The van der Waals surface area contributed by atoms with Gasteiger partial charge in [0.25, 0.3) is 5.91 Å². The zero-order chi connectivity index (χ0) is 10.1. The zero-order valence-corrected chi connectivity index (χ0v) is 7.87. The summed E-state index contributed by atoms with van der Waals surface area (Å²) >= 11 is 0. The summed E-state index contributed by atoms with van der Waals surface area (Å²) in [6.07, 6.45) is 0.802. The van der Waals surface area contributed by atoms with Crippen LogP contribution < -0.4 is 5.32 Å². The van der Waals surface area contributed by atoms with Gasteiger partial charge >= 0.3 is 0 Å². The Hall–Kier alpha value is -1.82. The quantitative estimate of drug-likeness (QED) is 0.662. The molecule has 0 fully saturated rings. The molecule has 1 amide bonds. The van der Waals surface area contributed by atoms with Crippen molar-refractivity contribution in [1.82, 2.24) is 5.32 Å². The fraction of sp³-hybridized carbons (Fsp3) is 0.273. The topological polar surface area (TPSA) is 52.9 Å². The first-order valence-corrected chi connectivity index (χ1v) is 4.54. The molecule has 2 rings (SSSR count). The molecule has 1 unspecified atom stereocenters. The van der Waals surface area contributed by atoms with Crippen molar-refractivity contribution in [3.63, 3.8) is 0 Å². The number of benzene rings is 1. The van der Waals surface area contributed by atoms with Crippen molar-refractivity contribution >= 4 is 5.91 Å². The van der Waals surface area contributed by atoms with E-state index in [9.17, 15) is 4.79 Å². The third-order valence-electron chi connectivity index (χ3n) is 2.38. The van der Waals surface area contributed by atoms with E-state index in [0.29, 0.717) is 11.1 Å². The lowest BCUT2D eigenvalue weighted by Crippen LogP contribution is -2.39. The van der Waals surface area contributed by atoms with Gasteiger partial charge in [-0.15, -0.1) is 0 Å². The Bertz CT molecular complexity index is 431. The van der Waals surface area contributed by atoms with Gasteiger partial charge in [0.05, 0.1) is 11.6 Å². The van der Waals surface area contributed by atoms with Crippen molar-refractivity contribution < 1.29 is 4.79 Å². The van der Waals surface area contributed by atoms with Gasteiger partial charge < -0.3 is 5.32 Å². The van der Waals surface area contributed by atoms with Crippen molar-refractivity contribution in [2.24, 2.45) is 0 Å². The van der Waals surface area contributed by atoms with E-state index in [1.54, 1.807) is 18.2 Å². The largest absolute Gasteiger partial charge is 0.349 e. The SMILES string of the molecule is CC1Cc2cc(C#N)ccc2C(=O)N1. The molecule has 3 heteroatoms. The number of nitriles is 1. The predicted octanol–water partition coefficient (Wildman–Crippen LogP) is 1.23. The molecule has 3 nitrogen and oxygen atoms in total. The van der Waals surface area contributed by atoms with Crippen LogP contribution in [0.3, 0.4) is 0 Å². The summed E-state index contributed by atoms with van der Waals surface area (Å²) in [5.41, 5.74) is 2.29. The summed E-state index contributed by atoms with van der Waals surface area (Å²) in [5, 5.41) is 11.6. The molecule has 1 aromatic carbocycles. The van der Waals surface area contributed by atoms with E-state index in [1.807, 2.05) is 6.92 Å². The van der Waals surface area contributed by atoms with Gasteiger partial charge in [-0.05, 0) is 37.1 Å². The molecular weight excluding hydrogens is 176 g/mol. The second-order valence-corrected chi connectivity index (χ2v) is 3.56. The minimum Gasteiger partial charge on any atom is -0.349 e. The van der Waals surface area contributed by atoms with Gasteiger partial charge in [-0.3, -0.25) is 4.79 Å². The third-order valence-corrected chi connectivity index (χ3v) is 2.38. The zero-order valence-electron chi connectivity index (χ0n) is 7.87. The van der Waals surface area contributed by atoms with Crippen LogP contribution in [0.1, 0.15) is 28.4 Å². The maximum Gasteiger partial charge on any atom is 0.251 e. The van der Waals surface area contributed by atoms with Gasteiger partial charge in [0.15, 0.2) is 0 Å². The molecule has 1 aliphatic heterocycles. The van der Waals surface area contributed by atoms with Crippen LogP contribution in [-0.4, -0.2) is 11.9 Å². The number of fused-ring (bicyclic) bond motifs is 1. The standard InChI is InChI=1S/C11H10N2O/c1-7-4-9-5-8(6-12)2-3-10(9)11(14)13-7/h2-3,5,7H,4H2,1H3,(H,13,14). The van der Waals surface area contributed by atoms with Crippen LogP contribution in [0.25, 0.3) is 0 Å². The van der Waals surface area contributed by atoms with Gasteiger partial charge in [-0.1, -0.05) is 0 Å². The lowest BCUT2D eigenvalue weighted by atomic mass is 9.94. The number of carbonyl (C=O) groups is 1. The highest BCUT2D eigenvalue weighted by Gasteiger charge is 2.20. The molecule has 1 atom stereocenters. The minimum atomic E-state index is -0.0387. The summed E-state index contributed by atoms with van der Waals surface area (Å²) in [6.45, 7) is 1.96. The highest BCUT2D eigenvalue weighted by molar-refractivity contribution is 5.97. The molecule has 0 radical (unpaired) electrons. The van der Waals surface area contributed by atoms with Gasteiger partial charge in [0, 0.05) is 11.6 Å². The minimum absolute atomic E-state index is 0.0387. The normalized spacial score (nSPS) is 19.4. The van der Waals surface area contributed by atoms with E-state index in [1.165, 1.54) is 0 Å². The number of amides is 1. The lowest BCUT2D eigenvalue weighted by molar-refractivity contribution is 0.0929. The Kier molecular flexibility index (Phi) is 1.97. The number of nitrogens with one attached hydrogen (secondary N) is 1. The molecule has 1 aromatic rings. The number of carbonyl (C=O) groups excluding carboxylic acids is 1. The molecule has 1 heterocycles. The van der Waals surface area contributed by atoms with Crippen LogP contribution in [-0.2, 0) is 6.42 Å². The number of hydrogen-bond acceptors (Lipinski definition) is 2. The summed E-state index contributed by atoms with van der Waals surface area (Å²) < 4.78 is 0. The molecule has 1 N–H and O–H groups in total. The maximum atomic E-state index is 11.5. The van der Waals surface area contributed by atoms with Crippen molar-refractivity contribution in [3.8, 4) is 6.07 Å². The molecule has 1 aliphatic rings. The van der Waals surface area contributed by atoms with E-state index in [0.717, 1.165) is 12.0 Å². The average Bonchev–Trinajstić information content (AvgIpc) is 2.16. The van der Waals surface area contributed by atoms with Crippen LogP contribution in [0.2, 0.25) is 0 Å². The fourth-order valence-electron chi connectivity index (χ4n) is 1.74. The fourth-order valence-corrected chi connectivity index (χ4v) is 1.74. The van der Waals surface area contributed by atoms with E-state index in [4.69, 9.17) is 5.26 Å². The Balaban J connectivity index is 2.50. The number of rotatable bonds is 0. The molecular formula is C11H10N2O. The van der Waals surface area contributed by atoms with Crippen molar-refractivity contribution in [3.05, 3.63) is 34.9 Å². The van der Waals surface area contributed by atoms with Crippen LogP contribution in [0.4, 0.5) is 0 Å². The van der Waals surface area contributed by atoms with E-state index < -0.39 is 0 Å². The second kappa shape index (κ2) is 3.15. The predicted molar refractivity (Wildman–Crippen MR) is 51.8 cm³/mol. The van der Waals surface area contributed by atoms with Gasteiger partial charge in [0.1, 0.15) is 0 Å². The molecule has 0 saturated carbocycles. The molecule has 70 valence electrons. The first-order chi connectivity index (χ1) is 6.70. The van der Waals surface area contributed by atoms with E-state index in [2.05, 4.69) is 11.4 Å². The van der Waals surface area contributed by atoms with Crippen molar-refractivity contribution in [1.29, 1.82) is 5.26 Å². The maximum absolute atomic E-state index is 11.5.